The Kier molecular flexibility index (Phi) is 7.49. The molecule has 1 aliphatic rings. The Morgan fingerprint density at radius 3 is 2.57 bits per heavy atom. The molecule has 1 aliphatic heterocycles. The molecule has 3 aromatic rings. The molecule has 4 N–H and O–H groups in total. The van der Waals surface area contributed by atoms with Gasteiger partial charge >= 0.3 is 0 Å². The first-order valence-electron chi connectivity index (χ1n) is 11.8. The molecule has 9 nitrogen and oxygen atoms in total. The van der Waals surface area contributed by atoms with Gasteiger partial charge in [-0.15, -0.1) is 0 Å². The highest BCUT2D eigenvalue weighted by atomic mass is 19.1. The molecule has 0 spiro atoms. The van der Waals surface area contributed by atoms with Crippen molar-refractivity contribution in [2.45, 2.75) is 32.9 Å². The van der Waals surface area contributed by atoms with Gasteiger partial charge in [0, 0.05) is 24.7 Å². The molecule has 0 saturated heterocycles. The van der Waals surface area contributed by atoms with E-state index in [9.17, 15) is 14.0 Å². The molecule has 0 fully saturated rings. The second-order valence-electron chi connectivity index (χ2n) is 9.02. The fraction of sp³-hybridized carbons (Fsp3) is 0.259. The average molecular weight is 505 g/mol. The molecule has 0 unspecified atom stereocenters. The third-order valence-electron chi connectivity index (χ3n) is 6.20. The Hall–Kier alpha value is -4.31. The molecule has 10 heteroatoms. The van der Waals surface area contributed by atoms with Crippen molar-refractivity contribution < 1.29 is 18.7 Å². The van der Waals surface area contributed by atoms with Crippen LogP contribution in [0.3, 0.4) is 0 Å². The zero-order chi connectivity index (χ0) is 26.7. The summed E-state index contributed by atoms with van der Waals surface area (Å²) in [5.74, 6) is 5.59. The van der Waals surface area contributed by atoms with Gasteiger partial charge in [0.05, 0.1) is 12.7 Å². The van der Waals surface area contributed by atoms with Crippen LogP contribution in [0.5, 0.6) is 5.75 Å². The Morgan fingerprint density at radius 1 is 1.16 bits per heavy atom. The number of carbonyl (C=O) groups is 2. The first-order valence-corrected chi connectivity index (χ1v) is 11.8. The van der Waals surface area contributed by atoms with Crippen LogP contribution in [0, 0.1) is 11.2 Å². The van der Waals surface area contributed by atoms with Crippen LogP contribution in [0.1, 0.15) is 51.4 Å². The number of rotatable bonds is 6. The largest absolute Gasteiger partial charge is 0.496 e. The number of fused-ring (bicyclic) bond motifs is 1. The Morgan fingerprint density at radius 2 is 1.89 bits per heavy atom. The highest BCUT2D eigenvalue weighted by Crippen LogP contribution is 2.29. The summed E-state index contributed by atoms with van der Waals surface area (Å²) in [6, 6.07) is 13.8. The normalized spacial score (nSPS) is 12.6. The first kappa shape index (κ1) is 25.8. The zero-order valence-electron chi connectivity index (χ0n) is 20.9. The zero-order valence-corrected chi connectivity index (χ0v) is 20.9. The lowest BCUT2D eigenvalue weighted by molar-refractivity contribution is 0.0734. The molecule has 2 amide bonds. The number of amidine groups is 1. The number of carbonyl (C=O) groups excluding carboxylic acids is 2. The number of hydrogen-bond acceptors (Lipinski definition) is 6. The maximum Gasteiger partial charge on any atom is 0.260 e. The van der Waals surface area contributed by atoms with Crippen LogP contribution in [0.25, 0.3) is 0 Å². The molecule has 0 radical (unpaired) electrons. The lowest BCUT2D eigenvalue weighted by Gasteiger charge is -2.30. The quantitative estimate of drug-likeness (QED) is 0.204. The van der Waals surface area contributed by atoms with E-state index in [0.29, 0.717) is 42.1 Å². The minimum Gasteiger partial charge on any atom is -0.496 e. The number of halogens is 1. The van der Waals surface area contributed by atoms with Gasteiger partial charge in [0.1, 0.15) is 23.1 Å². The number of nitrogens with zero attached hydrogens (tertiary/aromatic N) is 3. The maximum absolute atomic E-state index is 13.3. The van der Waals surface area contributed by atoms with E-state index in [1.807, 2.05) is 19.9 Å². The van der Waals surface area contributed by atoms with Gasteiger partial charge in [-0.3, -0.25) is 20.0 Å². The van der Waals surface area contributed by atoms with Crippen molar-refractivity contribution in [2.75, 3.05) is 19.0 Å². The molecule has 1 aromatic heterocycles. The van der Waals surface area contributed by atoms with Crippen LogP contribution >= 0.6 is 0 Å². The number of pyridine rings is 1. The van der Waals surface area contributed by atoms with Gasteiger partial charge in [-0.2, -0.15) is 0 Å². The topological polar surface area (TPSA) is 125 Å². The fourth-order valence-electron chi connectivity index (χ4n) is 4.09. The van der Waals surface area contributed by atoms with E-state index < -0.39 is 11.7 Å². The third kappa shape index (κ3) is 5.59. The molecule has 2 aromatic carbocycles. The summed E-state index contributed by atoms with van der Waals surface area (Å²) in [5, 5.41) is 12.3. The number of amides is 2. The van der Waals surface area contributed by atoms with Gasteiger partial charge in [-0.25, -0.2) is 15.2 Å². The van der Waals surface area contributed by atoms with E-state index in [1.54, 1.807) is 29.2 Å². The molecular weight excluding hydrogens is 475 g/mol. The number of hydrazine groups is 1. The number of ether oxygens (including phenoxy) is 1. The van der Waals surface area contributed by atoms with Crippen LogP contribution in [0.2, 0.25) is 0 Å². The van der Waals surface area contributed by atoms with Crippen molar-refractivity contribution >= 4 is 23.5 Å². The molecule has 0 bridgehead atoms. The van der Waals surface area contributed by atoms with E-state index in [1.165, 1.54) is 36.4 Å². The molecule has 37 heavy (non-hydrogen) atoms. The molecule has 4 rings (SSSR count). The van der Waals surface area contributed by atoms with E-state index in [4.69, 9.17) is 16.0 Å². The summed E-state index contributed by atoms with van der Waals surface area (Å²) in [7, 11) is 1.49. The van der Waals surface area contributed by atoms with Crippen molar-refractivity contribution in [1.82, 2.24) is 14.9 Å². The maximum atomic E-state index is 13.3. The highest BCUT2D eigenvalue weighted by Gasteiger charge is 2.25. The number of nitrogens with two attached hydrogens (primary N) is 1. The van der Waals surface area contributed by atoms with Gasteiger partial charge in [0.2, 0.25) is 0 Å². The first-order chi connectivity index (χ1) is 17.7. The SMILES string of the molecule is COc1cc2c(cc1C(=O)Nc1cccc(C(=N)N(N)C(C)C)n1)CN(C(=O)c1ccc(F)cc1)CC2. The molecule has 192 valence electrons. The van der Waals surface area contributed by atoms with Crippen molar-refractivity contribution in [1.29, 1.82) is 5.41 Å². The number of nitrogens with one attached hydrogen (secondary N) is 2. The predicted molar refractivity (Wildman–Crippen MR) is 138 cm³/mol. The van der Waals surface area contributed by atoms with Crippen LogP contribution in [0.4, 0.5) is 10.2 Å². The predicted octanol–water partition coefficient (Wildman–Crippen LogP) is 3.59. The fourth-order valence-corrected chi connectivity index (χ4v) is 4.09. The Balaban J connectivity index is 1.55. The standard InChI is InChI=1S/C27H29FN6O3/c1-16(2)34(30)25(29)22-5-4-6-24(31-22)32-26(35)21-13-19-15-33(12-11-18(19)14-23(21)37-3)27(36)17-7-9-20(28)10-8-17/h4-10,13-14,16,29H,11-12,15,30H2,1-3H3,(H,31,32,35). The average Bonchev–Trinajstić information content (AvgIpc) is 2.91. The summed E-state index contributed by atoms with van der Waals surface area (Å²) < 4.78 is 18.8. The monoisotopic (exact) mass is 504 g/mol. The van der Waals surface area contributed by atoms with Crippen molar-refractivity contribution in [3.05, 3.63) is 88.4 Å². The molecule has 2 heterocycles. The van der Waals surface area contributed by atoms with Gasteiger partial charge in [0.15, 0.2) is 5.84 Å². The van der Waals surface area contributed by atoms with E-state index in [0.717, 1.165) is 11.1 Å². The minimum atomic E-state index is -0.439. The molecule has 0 atom stereocenters. The van der Waals surface area contributed by atoms with Crippen LogP contribution in [-0.2, 0) is 13.0 Å². The van der Waals surface area contributed by atoms with E-state index in [-0.39, 0.29) is 23.6 Å². The summed E-state index contributed by atoms with van der Waals surface area (Å²) in [4.78, 5) is 32.2. The van der Waals surface area contributed by atoms with Crippen LogP contribution < -0.4 is 15.9 Å². The van der Waals surface area contributed by atoms with Gasteiger partial charge in [0.25, 0.3) is 11.8 Å². The van der Waals surface area contributed by atoms with Gasteiger partial charge in [-0.05, 0) is 79.9 Å². The van der Waals surface area contributed by atoms with Gasteiger partial charge in [-0.1, -0.05) is 6.07 Å². The van der Waals surface area contributed by atoms with Crippen molar-refractivity contribution in [3.63, 3.8) is 0 Å². The molecule has 0 saturated carbocycles. The van der Waals surface area contributed by atoms with Gasteiger partial charge < -0.3 is 15.0 Å². The summed E-state index contributed by atoms with van der Waals surface area (Å²) >= 11 is 0. The summed E-state index contributed by atoms with van der Waals surface area (Å²) in [6.45, 7) is 4.52. The minimum absolute atomic E-state index is 0.0309. The van der Waals surface area contributed by atoms with Crippen molar-refractivity contribution in [2.24, 2.45) is 5.84 Å². The second-order valence-corrected chi connectivity index (χ2v) is 9.02. The number of benzene rings is 2. The Bertz CT molecular complexity index is 1340. The lowest BCUT2D eigenvalue weighted by Crippen LogP contribution is -2.43. The van der Waals surface area contributed by atoms with E-state index >= 15 is 0 Å². The number of methoxy groups -OCH3 is 1. The summed E-state index contributed by atoms with van der Waals surface area (Å²) in [5.41, 5.74) is 2.83. The van der Waals surface area contributed by atoms with E-state index in [2.05, 4.69) is 10.3 Å². The van der Waals surface area contributed by atoms with Crippen LogP contribution in [0.15, 0.2) is 54.6 Å². The smallest absolute Gasteiger partial charge is 0.260 e. The number of anilines is 1. The number of aromatic nitrogens is 1. The van der Waals surface area contributed by atoms with Crippen LogP contribution in [-0.4, -0.2) is 52.2 Å². The van der Waals surface area contributed by atoms with Crippen molar-refractivity contribution in [3.8, 4) is 5.75 Å². The molecule has 0 aliphatic carbocycles. The second kappa shape index (κ2) is 10.8. The summed E-state index contributed by atoms with van der Waals surface area (Å²) in [6.07, 6.45) is 0.595. The molecular formula is C27H29FN6O3. The highest BCUT2D eigenvalue weighted by molar-refractivity contribution is 6.06. The third-order valence-corrected chi connectivity index (χ3v) is 6.20. The Labute approximate surface area is 214 Å². The lowest BCUT2D eigenvalue weighted by atomic mass is 9.95. The number of hydrogen-bond donors (Lipinski definition) is 3.